The van der Waals surface area contributed by atoms with Crippen molar-refractivity contribution < 1.29 is 5.11 Å². The van der Waals surface area contributed by atoms with E-state index in [0.29, 0.717) is 6.61 Å². The molecule has 1 heterocycles. The zero-order valence-electron chi connectivity index (χ0n) is 9.34. The van der Waals surface area contributed by atoms with E-state index in [1.165, 1.54) is 38.8 Å². The Bertz CT molecular complexity index is 141. The maximum atomic E-state index is 8.60. The van der Waals surface area contributed by atoms with Gasteiger partial charge in [-0.05, 0) is 39.4 Å². The van der Waals surface area contributed by atoms with Gasteiger partial charge in [-0.2, -0.15) is 0 Å². The normalized spacial score (nSPS) is 23.1. The Balaban J connectivity index is 1.84. The number of nitrogens with one attached hydrogen (secondary N) is 1. The average molecular weight is 200 g/mol. The maximum absolute atomic E-state index is 8.60. The molecule has 1 aliphatic rings. The zero-order valence-corrected chi connectivity index (χ0v) is 9.34. The molecule has 1 aliphatic heterocycles. The minimum atomic E-state index is 0.348. The molecule has 84 valence electrons. The molecule has 1 unspecified atom stereocenters. The summed E-state index contributed by atoms with van der Waals surface area (Å²) in [5, 5.41) is 12.2. The molecule has 1 fully saturated rings. The van der Waals surface area contributed by atoms with Gasteiger partial charge in [-0.15, -0.1) is 0 Å². The van der Waals surface area contributed by atoms with Gasteiger partial charge in [-0.1, -0.05) is 12.8 Å². The first-order valence-electron chi connectivity index (χ1n) is 5.85. The summed E-state index contributed by atoms with van der Waals surface area (Å²) in [5.74, 6) is 0. The monoisotopic (exact) mass is 200 g/mol. The molecule has 14 heavy (non-hydrogen) atoms. The second kappa shape index (κ2) is 7.21. The van der Waals surface area contributed by atoms with E-state index < -0.39 is 0 Å². The lowest BCUT2D eigenvalue weighted by atomic mass is 10.2. The molecule has 0 radical (unpaired) electrons. The van der Waals surface area contributed by atoms with Crippen molar-refractivity contribution in [1.29, 1.82) is 0 Å². The van der Waals surface area contributed by atoms with E-state index in [9.17, 15) is 0 Å². The molecule has 0 bridgehead atoms. The third-order valence-corrected chi connectivity index (χ3v) is 2.91. The van der Waals surface area contributed by atoms with Crippen LogP contribution in [-0.4, -0.2) is 49.3 Å². The Kier molecular flexibility index (Phi) is 6.15. The van der Waals surface area contributed by atoms with Gasteiger partial charge in [0.05, 0.1) is 0 Å². The minimum absolute atomic E-state index is 0.348. The molecular formula is C11H24N2O. The van der Waals surface area contributed by atoms with Crippen LogP contribution in [0.1, 0.15) is 32.1 Å². The Labute approximate surface area is 87.5 Å². The van der Waals surface area contributed by atoms with Gasteiger partial charge in [0.2, 0.25) is 0 Å². The third kappa shape index (κ3) is 4.94. The van der Waals surface area contributed by atoms with E-state index in [2.05, 4.69) is 17.3 Å². The smallest absolute Gasteiger partial charge is 0.0431 e. The standard InChI is InChI=1S/C11H24N2O/c1-13-8-6-11(10-13)12-7-4-2-3-5-9-14/h11-12,14H,2-10H2,1H3. The molecule has 2 N–H and O–H groups in total. The van der Waals surface area contributed by atoms with Gasteiger partial charge in [0.1, 0.15) is 0 Å². The highest BCUT2D eigenvalue weighted by Crippen LogP contribution is 2.06. The van der Waals surface area contributed by atoms with Gasteiger partial charge >= 0.3 is 0 Å². The quantitative estimate of drug-likeness (QED) is 0.598. The lowest BCUT2D eigenvalue weighted by Crippen LogP contribution is -2.32. The van der Waals surface area contributed by atoms with Crippen molar-refractivity contribution >= 4 is 0 Å². The van der Waals surface area contributed by atoms with Gasteiger partial charge in [0, 0.05) is 19.2 Å². The number of unbranched alkanes of at least 4 members (excludes halogenated alkanes) is 3. The molecule has 0 aromatic rings. The Morgan fingerprint density at radius 3 is 2.71 bits per heavy atom. The summed E-state index contributed by atoms with van der Waals surface area (Å²) in [6.45, 7) is 3.93. The second-order valence-corrected chi connectivity index (χ2v) is 4.34. The molecule has 0 aliphatic carbocycles. The fourth-order valence-corrected chi connectivity index (χ4v) is 2.00. The molecule has 1 saturated heterocycles. The van der Waals surface area contributed by atoms with E-state index in [-0.39, 0.29) is 0 Å². The molecule has 3 nitrogen and oxygen atoms in total. The van der Waals surface area contributed by atoms with Crippen LogP contribution in [0.4, 0.5) is 0 Å². The van der Waals surface area contributed by atoms with Crippen LogP contribution in [0.5, 0.6) is 0 Å². The fourth-order valence-electron chi connectivity index (χ4n) is 2.00. The molecule has 0 saturated carbocycles. The van der Waals surface area contributed by atoms with Crippen LogP contribution in [0.3, 0.4) is 0 Å². The fraction of sp³-hybridized carbons (Fsp3) is 1.00. The Hall–Kier alpha value is -0.120. The number of likely N-dealkylation sites (N-methyl/N-ethyl adjacent to an activating group) is 1. The third-order valence-electron chi connectivity index (χ3n) is 2.91. The van der Waals surface area contributed by atoms with Gasteiger partial charge in [-0.3, -0.25) is 0 Å². The first-order valence-corrected chi connectivity index (χ1v) is 5.85. The van der Waals surface area contributed by atoms with E-state index in [1.807, 2.05) is 0 Å². The molecule has 1 atom stereocenters. The maximum Gasteiger partial charge on any atom is 0.0431 e. The van der Waals surface area contributed by atoms with Crippen molar-refractivity contribution in [3.8, 4) is 0 Å². The van der Waals surface area contributed by atoms with Gasteiger partial charge in [0.25, 0.3) is 0 Å². The summed E-state index contributed by atoms with van der Waals surface area (Å²) < 4.78 is 0. The van der Waals surface area contributed by atoms with Crippen molar-refractivity contribution in [1.82, 2.24) is 10.2 Å². The highest BCUT2D eigenvalue weighted by molar-refractivity contribution is 4.78. The van der Waals surface area contributed by atoms with E-state index in [1.54, 1.807) is 0 Å². The summed E-state index contributed by atoms with van der Waals surface area (Å²) in [4.78, 5) is 2.38. The summed E-state index contributed by atoms with van der Waals surface area (Å²) in [7, 11) is 2.18. The molecule has 3 heteroatoms. The molecule has 0 amide bonds. The number of aliphatic hydroxyl groups excluding tert-OH is 1. The van der Waals surface area contributed by atoms with E-state index in [4.69, 9.17) is 5.11 Å². The number of rotatable bonds is 7. The predicted molar refractivity (Wildman–Crippen MR) is 59.5 cm³/mol. The largest absolute Gasteiger partial charge is 0.396 e. The topological polar surface area (TPSA) is 35.5 Å². The number of nitrogens with zero attached hydrogens (tertiary/aromatic N) is 1. The molecule has 0 spiro atoms. The minimum Gasteiger partial charge on any atom is -0.396 e. The number of aliphatic hydroxyl groups is 1. The SMILES string of the molecule is CN1CCC(NCCCCCCO)C1. The van der Waals surface area contributed by atoms with Crippen molar-refractivity contribution in [2.45, 2.75) is 38.1 Å². The van der Waals surface area contributed by atoms with Gasteiger partial charge < -0.3 is 15.3 Å². The number of hydrogen-bond acceptors (Lipinski definition) is 3. The first-order chi connectivity index (χ1) is 6.83. The molecule has 0 aromatic carbocycles. The van der Waals surface area contributed by atoms with Crippen LogP contribution in [0.25, 0.3) is 0 Å². The van der Waals surface area contributed by atoms with Gasteiger partial charge in [0.15, 0.2) is 0 Å². The Morgan fingerprint density at radius 2 is 2.07 bits per heavy atom. The molecular weight excluding hydrogens is 176 g/mol. The number of hydrogen-bond donors (Lipinski definition) is 2. The Morgan fingerprint density at radius 1 is 1.29 bits per heavy atom. The summed E-state index contributed by atoms with van der Waals surface area (Å²) in [6.07, 6.45) is 5.93. The van der Waals surface area contributed by atoms with Crippen molar-refractivity contribution in [2.24, 2.45) is 0 Å². The molecule has 0 aromatic heterocycles. The van der Waals surface area contributed by atoms with Crippen LogP contribution in [0, 0.1) is 0 Å². The first kappa shape index (κ1) is 12.0. The second-order valence-electron chi connectivity index (χ2n) is 4.34. The predicted octanol–water partition coefficient (Wildman–Crippen LogP) is 0.833. The number of likely N-dealkylation sites (tertiary alicyclic amines) is 1. The van der Waals surface area contributed by atoms with E-state index in [0.717, 1.165) is 19.0 Å². The average Bonchev–Trinajstić information content (AvgIpc) is 2.58. The summed E-state index contributed by atoms with van der Waals surface area (Å²) in [5.41, 5.74) is 0. The van der Waals surface area contributed by atoms with Crippen molar-refractivity contribution in [2.75, 3.05) is 33.3 Å². The molecule has 1 rings (SSSR count). The summed E-state index contributed by atoms with van der Waals surface area (Å²) >= 11 is 0. The van der Waals surface area contributed by atoms with Crippen LogP contribution in [0.15, 0.2) is 0 Å². The zero-order chi connectivity index (χ0) is 10.2. The van der Waals surface area contributed by atoms with Crippen molar-refractivity contribution in [3.63, 3.8) is 0 Å². The van der Waals surface area contributed by atoms with Crippen LogP contribution in [0.2, 0.25) is 0 Å². The highest BCUT2D eigenvalue weighted by Gasteiger charge is 2.17. The lowest BCUT2D eigenvalue weighted by molar-refractivity contribution is 0.282. The van der Waals surface area contributed by atoms with Crippen LogP contribution >= 0.6 is 0 Å². The lowest BCUT2D eigenvalue weighted by Gasteiger charge is -2.12. The van der Waals surface area contributed by atoms with E-state index >= 15 is 0 Å². The van der Waals surface area contributed by atoms with Crippen LogP contribution < -0.4 is 5.32 Å². The van der Waals surface area contributed by atoms with Gasteiger partial charge in [-0.25, -0.2) is 0 Å². The summed E-state index contributed by atoms with van der Waals surface area (Å²) in [6, 6.07) is 0.720. The highest BCUT2D eigenvalue weighted by atomic mass is 16.2. The van der Waals surface area contributed by atoms with Crippen LogP contribution in [-0.2, 0) is 0 Å². The van der Waals surface area contributed by atoms with Crippen molar-refractivity contribution in [3.05, 3.63) is 0 Å².